The van der Waals surface area contributed by atoms with Crippen molar-refractivity contribution in [3.8, 4) is 0 Å². The van der Waals surface area contributed by atoms with Gasteiger partial charge in [0.05, 0.1) is 6.04 Å². The van der Waals surface area contributed by atoms with Crippen LogP contribution in [0.3, 0.4) is 0 Å². The third kappa shape index (κ3) is 2.00. The first-order valence-electron chi connectivity index (χ1n) is 6.18. The summed E-state index contributed by atoms with van der Waals surface area (Å²) < 4.78 is 0. The summed E-state index contributed by atoms with van der Waals surface area (Å²) in [6, 6.07) is 9.87. The van der Waals surface area contributed by atoms with Gasteiger partial charge in [-0.25, -0.2) is 0 Å². The molecular weight excluding hydrogens is 196 g/mol. The molecule has 1 aromatic carbocycles. The van der Waals surface area contributed by atoms with E-state index < -0.39 is 0 Å². The van der Waals surface area contributed by atoms with Gasteiger partial charge in [0, 0.05) is 18.6 Å². The van der Waals surface area contributed by atoms with E-state index in [1.807, 2.05) is 0 Å². The van der Waals surface area contributed by atoms with Gasteiger partial charge < -0.3 is 5.73 Å². The van der Waals surface area contributed by atoms with Gasteiger partial charge in [-0.05, 0) is 38.3 Å². The van der Waals surface area contributed by atoms with Crippen LogP contribution in [0.1, 0.15) is 37.4 Å². The Balaban J connectivity index is 2.34. The predicted molar refractivity (Wildman–Crippen MR) is 68.4 cm³/mol. The van der Waals surface area contributed by atoms with Crippen LogP contribution in [0.15, 0.2) is 24.3 Å². The van der Waals surface area contributed by atoms with E-state index in [9.17, 15) is 0 Å². The molecule has 1 saturated heterocycles. The smallest absolute Gasteiger partial charge is 0.0504 e. The monoisotopic (exact) mass is 218 g/mol. The van der Waals surface area contributed by atoms with Gasteiger partial charge in [-0.15, -0.1) is 0 Å². The zero-order chi connectivity index (χ0) is 11.7. The number of nitrogens with two attached hydrogens (primary N) is 1. The summed E-state index contributed by atoms with van der Waals surface area (Å²) in [6.07, 6.45) is 1.11. The molecule has 2 unspecified atom stereocenters. The van der Waals surface area contributed by atoms with E-state index >= 15 is 0 Å². The summed E-state index contributed by atoms with van der Waals surface area (Å²) in [5.41, 5.74) is 9.03. The number of hydrogen-bond acceptors (Lipinski definition) is 2. The summed E-state index contributed by atoms with van der Waals surface area (Å²) >= 11 is 0. The van der Waals surface area contributed by atoms with Crippen molar-refractivity contribution in [2.75, 3.05) is 6.54 Å². The van der Waals surface area contributed by atoms with Crippen LogP contribution >= 0.6 is 0 Å². The molecule has 1 aliphatic heterocycles. The number of aryl methyl sites for hydroxylation is 1. The molecular formula is C14H22N2. The van der Waals surface area contributed by atoms with E-state index in [1.165, 1.54) is 11.1 Å². The van der Waals surface area contributed by atoms with Crippen LogP contribution in [0.2, 0.25) is 0 Å². The van der Waals surface area contributed by atoms with Crippen LogP contribution < -0.4 is 5.73 Å². The summed E-state index contributed by atoms with van der Waals surface area (Å²) in [4.78, 5) is 2.52. The average molecular weight is 218 g/mol. The minimum atomic E-state index is 0.281. The van der Waals surface area contributed by atoms with E-state index in [0.29, 0.717) is 12.1 Å². The van der Waals surface area contributed by atoms with Crippen molar-refractivity contribution in [3.63, 3.8) is 0 Å². The molecule has 2 rings (SSSR count). The number of nitrogens with zero attached hydrogens (tertiary/aromatic N) is 1. The number of benzene rings is 1. The van der Waals surface area contributed by atoms with Crippen molar-refractivity contribution < 1.29 is 0 Å². The lowest BCUT2D eigenvalue weighted by atomic mass is 9.96. The van der Waals surface area contributed by atoms with Crippen LogP contribution in [0, 0.1) is 6.92 Å². The Labute approximate surface area is 98.4 Å². The third-order valence-electron chi connectivity index (χ3n) is 3.65. The van der Waals surface area contributed by atoms with Crippen LogP contribution in [0.5, 0.6) is 0 Å². The Hall–Kier alpha value is -0.860. The first kappa shape index (κ1) is 11.6. The quantitative estimate of drug-likeness (QED) is 0.826. The fourth-order valence-electron chi connectivity index (χ4n) is 2.75. The fraction of sp³-hybridized carbons (Fsp3) is 0.571. The summed E-state index contributed by atoms with van der Waals surface area (Å²) in [6.45, 7) is 7.81. The molecule has 88 valence electrons. The molecule has 16 heavy (non-hydrogen) atoms. The topological polar surface area (TPSA) is 29.3 Å². The van der Waals surface area contributed by atoms with Crippen molar-refractivity contribution in [2.45, 2.75) is 45.3 Å². The molecule has 1 aliphatic rings. The highest BCUT2D eigenvalue weighted by molar-refractivity contribution is 5.31. The molecule has 1 fully saturated rings. The largest absolute Gasteiger partial charge is 0.326 e. The Morgan fingerprint density at radius 1 is 1.31 bits per heavy atom. The molecule has 1 heterocycles. The zero-order valence-electron chi connectivity index (χ0n) is 10.5. The van der Waals surface area contributed by atoms with E-state index in [0.717, 1.165) is 13.0 Å². The van der Waals surface area contributed by atoms with E-state index in [2.05, 4.69) is 49.9 Å². The molecule has 0 saturated carbocycles. The van der Waals surface area contributed by atoms with Crippen molar-refractivity contribution >= 4 is 0 Å². The van der Waals surface area contributed by atoms with Gasteiger partial charge in [0.1, 0.15) is 0 Å². The second-order valence-electron chi connectivity index (χ2n) is 5.09. The molecule has 2 heteroatoms. The maximum Gasteiger partial charge on any atom is 0.0504 e. The lowest BCUT2D eigenvalue weighted by Gasteiger charge is -2.31. The summed E-state index contributed by atoms with van der Waals surface area (Å²) in [5.74, 6) is 0. The van der Waals surface area contributed by atoms with Gasteiger partial charge in [0.15, 0.2) is 0 Å². The molecule has 0 amide bonds. The SMILES string of the molecule is Cc1ccccc1C1C(N)CCN1C(C)C. The van der Waals surface area contributed by atoms with Crippen molar-refractivity contribution in [3.05, 3.63) is 35.4 Å². The summed E-state index contributed by atoms with van der Waals surface area (Å²) in [7, 11) is 0. The molecule has 2 N–H and O–H groups in total. The normalized spacial score (nSPS) is 26.6. The van der Waals surface area contributed by atoms with E-state index in [1.54, 1.807) is 0 Å². The average Bonchev–Trinajstić information content (AvgIpc) is 2.61. The summed E-state index contributed by atoms with van der Waals surface area (Å²) in [5, 5.41) is 0. The number of likely N-dealkylation sites (tertiary alicyclic amines) is 1. The van der Waals surface area contributed by atoms with Gasteiger partial charge in [-0.2, -0.15) is 0 Å². The fourth-order valence-corrected chi connectivity index (χ4v) is 2.75. The second kappa shape index (κ2) is 4.56. The Morgan fingerprint density at radius 3 is 2.62 bits per heavy atom. The van der Waals surface area contributed by atoms with E-state index in [-0.39, 0.29) is 6.04 Å². The van der Waals surface area contributed by atoms with E-state index in [4.69, 9.17) is 5.73 Å². The van der Waals surface area contributed by atoms with Gasteiger partial charge in [-0.1, -0.05) is 24.3 Å². The van der Waals surface area contributed by atoms with Crippen molar-refractivity contribution in [1.82, 2.24) is 4.90 Å². The molecule has 0 bridgehead atoms. The Kier molecular flexibility index (Phi) is 3.31. The first-order chi connectivity index (χ1) is 7.61. The molecule has 2 nitrogen and oxygen atoms in total. The van der Waals surface area contributed by atoms with Crippen LogP contribution in [0.4, 0.5) is 0 Å². The van der Waals surface area contributed by atoms with Crippen LogP contribution in [0.25, 0.3) is 0 Å². The van der Waals surface area contributed by atoms with Gasteiger partial charge in [-0.3, -0.25) is 4.90 Å². The molecule has 2 atom stereocenters. The minimum absolute atomic E-state index is 0.281. The third-order valence-corrected chi connectivity index (χ3v) is 3.65. The van der Waals surface area contributed by atoms with Crippen LogP contribution in [-0.2, 0) is 0 Å². The lowest BCUT2D eigenvalue weighted by Crippen LogP contribution is -2.36. The maximum absolute atomic E-state index is 6.27. The first-order valence-corrected chi connectivity index (χ1v) is 6.18. The highest BCUT2D eigenvalue weighted by atomic mass is 15.2. The molecule has 0 aliphatic carbocycles. The Bertz CT molecular complexity index is 360. The lowest BCUT2D eigenvalue weighted by molar-refractivity contribution is 0.197. The van der Waals surface area contributed by atoms with Crippen molar-refractivity contribution in [1.29, 1.82) is 0 Å². The highest BCUT2D eigenvalue weighted by Gasteiger charge is 2.34. The standard InChI is InChI=1S/C14H22N2/c1-10(2)16-9-8-13(15)14(16)12-7-5-4-6-11(12)3/h4-7,10,13-14H,8-9,15H2,1-3H3. The molecule has 1 aromatic rings. The van der Waals surface area contributed by atoms with Crippen molar-refractivity contribution in [2.24, 2.45) is 5.73 Å². The number of hydrogen-bond donors (Lipinski definition) is 1. The van der Waals surface area contributed by atoms with Crippen LogP contribution in [-0.4, -0.2) is 23.5 Å². The van der Waals surface area contributed by atoms with Gasteiger partial charge in [0.2, 0.25) is 0 Å². The maximum atomic E-state index is 6.27. The van der Waals surface area contributed by atoms with Gasteiger partial charge in [0.25, 0.3) is 0 Å². The second-order valence-corrected chi connectivity index (χ2v) is 5.09. The molecule has 0 aromatic heterocycles. The predicted octanol–water partition coefficient (Wildman–Crippen LogP) is 2.48. The van der Waals surface area contributed by atoms with Gasteiger partial charge >= 0.3 is 0 Å². The highest BCUT2D eigenvalue weighted by Crippen LogP contribution is 2.34. The zero-order valence-corrected chi connectivity index (χ0v) is 10.5. The Morgan fingerprint density at radius 2 is 2.00 bits per heavy atom. The molecule has 0 radical (unpaired) electrons. The minimum Gasteiger partial charge on any atom is -0.326 e. The molecule has 0 spiro atoms. The number of rotatable bonds is 2.